The van der Waals surface area contributed by atoms with Gasteiger partial charge in [0.1, 0.15) is 0 Å². The Morgan fingerprint density at radius 2 is 2.04 bits per heavy atom. The molecule has 0 N–H and O–H groups in total. The summed E-state index contributed by atoms with van der Waals surface area (Å²) in [7, 11) is 0. The first-order chi connectivity index (χ1) is 12.2. The van der Waals surface area contributed by atoms with Gasteiger partial charge in [-0.15, -0.1) is 11.3 Å². The minimum Gasteiger partial charge on any atom is -0.368 e. The van der Waals surface area contributed by atoms with Crippen LogP contribution in [0.3, 0.4) is 0 Å². The molecular formula is C22H30N2OS. The number of benzene rings is 1. The van der Waals surface area contributed by atoms with E-state index in [2.05, 4.69) is 64.0 Å². The lowest BCUT2D eigenvalue weighted by molar-refractivity contribution is -0.0405. The first-order valence-corrected chi connectivity index (χ1v) is 10.5. The largest absolute Gasteiger partial charge is 0.368 e. The standard InChI is InChI=1S/C22H30N2OS/c1-14-7-8-17(19(15(14)2)21(3,4)5)18-12-26-20(23-18)24-11-16-9-10-22(6,13-24)25-16/h7-8,12,16H,9-11,13H2,1-6H3/t16-,22+/m0/s1. The molecule has 1 aromatic heterocycles. The third kappa shape index (κ3) is 3.07. The summed E-state index contributed by atoms with van der Waals surface area (Å²) in [5, 5.41) is 3.37. The van der Waals surface area contributed by atoms with E-state index in [0.717, 1.165) is 30.3 Å². The molecule has 0 aliphatic carbocycles. The molecule has 0 amide bonds. The molecule has 4 rings (SSSR count). The number of aryl methyl sites for hydroxylation is 1. The molecule has 2 aromatic rings. The Morgan fingerprint density at radius 3 is 2.73 bits per heavy atom. The van der Waals surface area contributed by atoms with Crippen LogP contribution in [0.2, 0.25) is 0 Å². The van der Waals surface area contributed by atoms with Gasteiger partial charge in [0.2, 0.25) is 0 Å². The Labute approximate surface area is 161 Å². The normalized spacial score (nSPS) is 25.8. The summed E-state index contributed by atoms with van der Waals surface area (Å²) in [5.41, 5.74) is 6.66. The number of ether oxygens (including phenoxy) is 1. The average molecular weight is 371 g/mol. The molecule has 2 aliphatic heterocycles. The van der Waals surface area contributed by atoms with E-state index in [4.69, 9.17) is 9.72 Å². The zero-order valence-corrected chi connectivity index (χ0v) is 17.7. The minimum atomic E-state index is 0.00572. The number of hydrogen-bond acceptors (Lipinski definition) is 4. The lowest BCUT2D eigenvalue weighted by Gasteiger charge is -2.38. The van der Waals surface area contributed by atoms with Crippen molar-refractivity contribution in [2.24, 2.45) is 0 Å². The molecule has 0 spiro atoms. The van der Waals surface area contributed by atoms with Gasteiger partial charge in [-0.25, -0.2) is 4.98 Å². The van der Waals surface area contributed by atoms with Gasteiger partial charge in [-0.3, -0.25) is 0 Å². The van der Waals surface area contributed by atoms with Crippen molar-refractivity contribution in [3.05, 3.63) is 34.2 Å². The third-order valence-electron chi connectivity index (χ3n) is 5.92. The highest BCUT2D eigenvalue weighted by atomic mass is 32.1. The maximum atomic E-state index is 6.16. The number of nitrogens with zero attached hydrogens (tertiary/aromatic N) is 2. The molecule has 1 aromatic carbocycles. The molecule has 140 valence electrons. The van der Waals surface area contributed by atoms with Crippen LogP contribution in [-0.4, -0.2) is 29.8 Å². The van der Waals surface area contributed by atoms with E-state index in [0.29, 0.717) is 6.10 Å². The summed E-state index contributed by atoms with van der Waals surface area (Å²) < 4.78 is 6.16. The van der Waals surface area contributed by atoms with Gasteiger partial charge in [0, 0.05) is 24.0 Å². The summed E-state index contributed by atoms with van der Waals surface area (Å²) in [6.07, 6.45) is 2.71. The molecule has 2 saturated heterocycles. The molecule has 0 saturated carbocycles. The van der Waals surface area contributed by atoms with E-state index in [9.17, 15) is 0 Å². The highest BCUT2D eigenvalue weighted by Gasteiger charge is 2.43. The topological polar surface area (TPSA) is 25.4 Å². The molecule has 2 aliphatic rings. The maximum Gasteiger partial charge on any atom is 0.186 e. The van der Waals surface area contributed by atoms with E-state index in [-0.39, 0.29) is 11.0 Å². The monoisotopic (exact) mass is 370 g/mol. The van der Waals surface area contributed by atoms with Crippen molar-refractivity contribution in [2.75, 3.05) is 18.0 Å². The summed E-state index contributed by atoms with van der Waals surface area (Å²) in [5.74, 6) is 0. The van der Waals surface area contributed by atoms with Crippen molar-refractivity contribution >= 4 is 16.5 Å². The predicted octanol–water partition coefficient (Wildman–Crippen LogP) is 5.48. The minimum absolute atomic E-state index is 0.00572. The molecule has 0 unspecified atom stereocenters. The molecule has 26 heavy (non-hydrogen) atoms. The third-order valence-corrected chi connectivity index (χ3v) is 6.82. The van der Waals surface area contributed by atoms with Gasteiger partial charge < -0.3 is 9.64 Å². The van der Waals surface area contributed by atoms with Crippen LogP contribution in [0.4, 0.5) is 5.13 Å². The Kier molecular flexibility index (Phi) is 4.20. The van der Waals surface area contributed by atoms with E-state index in [1.165, 1.54) is 28.7 Å². The fourth-order valence-corrected chi connectivity index (χ4v) is 5.46. The predicted molar refractivity (Wildman–Crippen MR) is 110 cm³/mol. The smallest absolute Gasteiger partial charge is 0.186 e. The Hall–Kier alpha value is -1.39. The van der Waals surface area contributed by atoms with Crippen molar-refractivity contribution in [3.8, 4) is 11.3 Å². The first kappa shape index (κ1) is 18.0. The fraction of sp³-hybridized carbons (Fsp3) is 0.591. The van der Waals surface area contributed by atoms with Gasteiger partial charge in [-0.1, -0.05) is 32.9 Å². The van der Waals surface area contributed by atoms with Gasteiger partial charge in [-0.05, 0) is 55.7 Å². The van der Waals surface area contributed by atoms with E-state index in [1.54, 1.807) is 11.3 Å². The van der Waals surface area contributed by atoms with Crippen LogP contribution < -0.4 is 4.90 Å². The summed E-state index contributed by atoms with van der Waals surface area (Å²) >= 11 is 1.77. The lowest BCUT2D eigenvalue weighted by Crippen LogP contribution is -2.49. The quantitative estimate of drug-likeness (QED) is 0.700. The number of thiazole rings is 1. The second-order valence-corrected chi connectivity index (χ2v) is 10.1. The van der Waals surface area contributed by atoms with Crippen LogP contribution in [-0.2, 0) is 10.2 Å². The van der Waals surface area contributed by atoms with Crippen LogP contribution in [0.15, 0.2) is 17.5 Å². The number of rotatable bonds is 2. The van der Waals surface area contributed by atoms with Crippen LogP contribution in [0.25, 0.3) is 11.3 Å². The van der Waals surface area contributed by atoms with Crippen LogP contribution in [0.5, 0.6) is 0 Å². The number of aromatic nitrogens is 1. The number of anilines is 1. The van der Waals surface area contributed by atoms with Crippen molar-refractivity contribution < 1.29 is 4.74 Å². The highest BCUT2D eigenvalue weighted by Crippen LogP contribution is 2.41. The molecule has 2 bridgehead atoms. The second-order valence-electron chi connectivity index (χ2n) is 9.30. The number of morpholine rings is 1. The van der Waals surface area contributed by atoms with Crippen LogP contribution in [0.1, 0.15) is 57.2 Å². The van der Waals surface area contributed by atoms with Gasteiger partial charge in [0.15, 0.2) is 5.13 Å². The zero-order valence-electron chi connectivity index (χ0n) is 16.8. The number of fused-ring (bicyclic) bond motifs is 2. The molecule has 2 atom stereocenters. The Morgan fingerprint density at radius 1 is 1.27 bits per heavy atom. The van der Waals surface area contributed by atoms with Crippen molar-refractivity contribution in [3.63, 3.8) is 0 Å². The highest BCUT2D eigenvalue weighted by molar-refractivity contribution is 7.14. The second kappa shape index (κ2) is 6.07. The van der Waals surface area contributed by atoms with Gasteiger partial charge in [0.05, 0.1) is 17.4 Å². The first-order valence-electron chi connectivity index (χ1n) is 9.66. The number of hydrogen-bond donors (Lipinski definition) is 0. The maximum absolute atomic E-state index is 6.16. The molecule has 3 heterocycles. The van der Waals surface area contributed by atoms with E-state index in [1.807, 2.05) is 0 Å². The Bertz CT molecular complexity index is 835. The van der Waals surface area contributed by atoms with E-state index >= 15 is 0 Å². The van der Waals surface area contributed by atoms with Gasteiger partial charge >= 0.3 is 0 Å². The Balaban J connectivity index is 1.70. The zero-order chi connectivity index (χ0) is 18.7. The summed E-state index contributed by atoms with van der Waals surface area (Å²) in [4.78, 5) is 7.50. The van der Waals surface area contributed by atoms with Crippen molar-refractivity contribution in [1.29, 1.82) is 0 Å². The van der Waals surface area contributed by atoms with Crippen LogP contribution >= 0.6 is 11.3 Å². The van der Waals surface area contributed by atoms with Crippen molar-refractivity contribution in [2.45, 2.75) is 71.5 Å². The fourth-order valence-electron chi connectivity index (χ4n) is 4.62. The van der Waals surface area contributed by atoms with Crippen LogP contribution in [0, 0.1) is 13.8 Å². The average Bonchev–Trinajstić information content (AvgIpc) is 3.13. The molecule has 2 fully saturated rings. The molecule has 0 radical (unpaired) electrons. The summed E-state index contributed by atoms with van der Waals surface area (Å²) in [6.45, 7) is 15.5. The molecule has 3 nitrogen and oxygen atoms in total. The molecule has 4 heteroatoms. The van der Waals surface area contributed by atoms with Gasteiger partial charge in [-0.2, -0.15) is 0 Å². The SMILES string of the molecule is Cc1ccc(-c2csc(N3C[C@@H]4CC[C@](C)(C3)O4)n2)c(C(C)(C)C)c1C. The van der Waals surface area contributed by atoms with E-state index < -0.39 is 0 Å². The van der Waals surface area contributed by atoms with Gasteiger partial charge in [0.25, 0.3) is 0 Å². The summed E-state index contributed by atoms with van der Waals surface area (Å²) in [6, 6.07) is 4.49. The lowest BCUT2D eigenvalue weighted by atomic mass is 9.79. The molecular weight excluding hydrogens is 340 g/mol. The van der Waals surface area contributed by atoms with Crippen molar-refractivity contribution in [1.82, 2.24) is 4.98 Å².